The van der Waals surface area contributed by atoms with Gasteiger partial charge in [0.05, 0.1) is 0 Å². The summed E-state index contributed by atoms with van der Waals surface area (Å²) in [6.45, 7) is 6.76. The number of benzene rings is 4. The SMILES string of the molecule is CC(C)(C)c1ccc(-c2ccccc2)c(-c2oc(-c3ccccc3)c3ccccc23)c1. The maximum Gasteiger partial charge on any atom is 0.143 e. The van der Waals surface area contributed by atoms with Crippen molar-refractivity contribution in [3.63, 3.8) is 0 Å². The summed E-state index contributed by atoms with van der Waals surface area (Å²) in [6, 6.07) is 36.2. The Kier molecular flexibility index (Phi) is 4.75. The first-order valence-electron chi connectivity index (χ1n) is 10.8. The monoisotopic (exact) mass is 402 g/mol. The van der Waals surface area contributed by atoms with Crippen LogP contribution < -0.4 is 0 Å². The highest BCUT2D eigenvalue weighted by Gasteiger charge is 2.22. The Morgan fingerprint density at radius 2 is 1.06 bits per heavy atom. The molecule has 0 saturated heterocycles. The fraction of sp³-hybridized carbons (Fsp3) is 0.133. The van der Waals surface area contributed by atoms with Crippen LogP contribution in [0.5, 0.6) is 0 Å². The summed E-state index contributed by atoms with van der Waals surface area (Å²) >= 11 is 0. The first-order valence-corrected chi connectivity index (χ1v) is 10.8. The van der Waals surface area contributed by atoms with Crippen molar-refractivity contribution in [2.75, 3.05) is 0 Å². The van der Waals surface area contributed by atoms with Crippen LogP contribution in [0.1, 0.15) is 26.3 Å². The minimum Gasteiger partial charge on any atom is -0.455 e. The summed E-state index contributed by atoms with van der Waals surface area (Å²) in [6.07, 6.45) is 0. The summed E-state index contributed by atoms with van der Waals surface area (Å²) in [4.78, 5) is 0. The van der Waals surface area contributed by atoms with Crippen molar-refractivity contribution in [1.82, 2.24) is 0 Å². The summed E-state index contributed by atoms with van der Waals surface area (Å²) < 4.78 is 6.67. The molecule has 0 aliphatic heterocycles. The average molecular weight is 403 g/mol. The standard InChI is InChI=1S/C30H26O/c1-30(2,3)23-18-19-24(21-12-6-4-7-13-21)27(20-23)29-26-17-11-10-16-25(26)28(31-29)22-14-8-5-9-15-22/h4-20H,1-3H3. The number of furan rings is 1. The van der Waals surface area contributed by atoms with E-state index in [9.17, 15) is 0 Å². The van der Waals surface area contributed by atoms with Crippen LogP contribution in [0.3, 0.4) is 0 Å². The lowest BCUT2D eigenvalue weighted by Gasteiger charge is -2.21. The van der Waals surface area contributed by atoms with Crippen LogP contribution in [0.2, 0.25) is 0 Å². The minimum absolute atomic E-state index is 0.0502. The summed E-state index contributed by atoms with van der Waals surface area (Å²) in [5, 5.41) is 2.29. The molecule has 1 nitrogen and oxygen atoms in total. The summed E-state index contributed by atoms with van der Waals surface area (Å²) in [7, 11) is 0. The Morgan fingerprint density at radius 3 is 1.68 bits per heavy atom. The second-order valence-corrected chi connectivity index (χ2v) is 9.05. The molecule has 0 amide bonds. The van der Waals surface area contributed by atoms with Gasteiger partial charge in [0.2, 0.25) is 0 Å². The van der Waals surface area contributed by atoms with Gasteiger partial charge in [-0.3, -0.25) is 0 Å². The highest BCUT2D eigenvalue weighted by atomic mass is 16.3. The summed E-state index contributed by atoms with van der Waals surface area (Å²) in [5.41, 5.74) is 5.96. The van der Waals surface area contributed by atoms with Crippen molar-refractivity contribution < 1.29 is 4.42 Å². The summed E-state index contributed by atoms with van der Waals surface area (Å²) in [5.74, 6) is 1.85. The molecule has 0 spiro atoms. The molecule has 0 unspecified atom stereocenters. The van der Waals surface area contributed by atoms with E-state index >= 15 is 0 Å². The fourth-order valence-corrected chi connectivity index (χ4v) is 4.16. The molecule has 5 aromatic rings. The third-order valence-electron chi connectivity index (χ3n) is 5.87. The van der Waals surface area contributed by atoms with Gasteiger partial charge in [0, 0.05) is 21.9 Å². The lowest BCUT2D eigenvalue weighted by Crippen LogP contribution is -2.11. The molecule has 0 bridgehead atoms. The molecule has 0 N–H and O–H groups in total. The van der Waals surface area contributed by atoms with E-state index in [0.29, 0.717) is 0 Å². The van der Waals surface area contributed by atoms with E-state index in [1.807, 2.05) is 6.07 Å². The topological polar surface area (TPSA) is 13.1 Å². The minimum atomic E-state index is 0.0502. The predicted molar refractivity (Wildman–Crippen MR) is 131 cm³/mol. The molecule has 0 radical (unpaired) electrons. The smallest absolute Gasteiger partial charge is 0.143 e. The van der Waals surface area contributed by atoms with Gasteiger partial charge in [-0.15, -0.1) is 0 Å². The lowest BCUT2D eigenvalue weighted by atomic mass is 9.83. The molecule has 0 saturated carbocycles. The van der Waals surface area contributed by atoms with Gasteiger partial charge in [-0.25, -0.2) is 0 Å². The normalized spacial score (nSPS) is 11.7. The van der Waals surface area contributed by atoms with E-state index in [0.717, 1.165) is 33.4 Å². The van der Waals surface area contributed by atoms with Crippen molar-refractivity contribution in [1.29, 1.82) is 0 Å². The quantitative estimate of drug-likeness (QED) is 0.294. The van der Waals surface area contributed by atoms with Gasteiger partial charge in [-0.1, -0.05) is 118 Å². The number of fused-ring (bicyclic) bond motifs is 1. The zero-order valence-electron chi connectivity index (χ0n) is 18.2. The van der Waals surface area contributed by atoms with E-state index in [1.165, 1.54) is 16.7 Å². The fourth-order valence-electron chi connectivity index (χ4n) is 4.16. The van der Waals surface area contributed by atoms with E-state index in [2.05, 4.69) is 118 Å². The number of hydrogen-bond donors (Lipinski definition) is 0. The van der Waals surface area contributed by atoms with Crippen LogP contribution in [-0.4, -0.2) is 0 Å². The maximum atomic E-state index is 6.67. The molecule has 152 valence electrons. The van der Waals surface area contributed by atoms with E-state index in [1.54, 1.807) is 0 Å². The highest BCUT2D eigenvalue weighted by Crippen LogP contribution is 2.43. The molecular formula is C30H26O. The molecule has 0 fully saturated rings. The van der Waals surface area contributed by atoms with Crippen LogP contribution in [0.15, 0.2) is 108 Å². The molecule has 0 aliphatic carbocycles. The maximum absolute atomic E-state index is 6.67. The first kappa shape index (κ1) is 19.4. The highest BCUT2D eigenvalue weighted by molar-refractivity contribution is 6.04. The van der Waals surface area contributed by atoms with Gasteiger partial charge in [-0.05, 0) is 28.2 Å². The van der Waals surface area contributed by atoms with Crippen molar-refractivity contribution in [2.24, 2.45) is 0 Å². The van der Waals surface area contributed by atoms with Crippen LogP contribution in [0, 0.1) is 0 Å². The van der Waals surface area contributed by atoms with Crippen molar-refractivity contribution >= 4 is 10.8 Å². The Morgan fingerprint density at radius 1 is 0.516 bits per heavy atom. The molecular weight excluding hydrogens is 376 g/mol. The molecule has 31 heavy (non-hydrogen) atoms. The van der Waals surface area contributed by atoms with Crippen LogP contribution in [-0.2, 0) is 5.41 Å². The van der Waals surface area contributed by atoms with E-state index in [4.69, 9.17) is 4.42 Å². The van der Waals surface area contributed by atoms with E-state index < -0.39 is 0 Å². The van der Waals surface area contributed by atoms with Gasteiger partial charge < -0.3 is 4.42 Å². The number of rotatable bonds is 3. The molecule has 1 aromatic heterocycles. The third kappa shape index (κ3) is 3.57. The predicted octanol–water partition coefficient (Wildman–Crippen LogP) is 8.73. The van der Waals surface area contributed by atoms with Gasteiger partial charge in [0.25, 0.3) is 0 Å². The third-order valence-corrected chi connectivity index (χ3v) is 5.87. The molecule has 1 heteroatoms. The Balaban J connectivity index is 1.82. The average Bonchev–Trinajstić information content (AvgIpc) is 3.19. The van der Waals surface area contributed by atoms with Gasteiger partial charge in [0.15, 0.2) is 0 Å². The molecule has 1 heterocycles. The molecule has 0 atom stereocenters. The first-order chi connectivity index (χ1) is 15.0. The largest absolute Gasteiger partial charge is 0.455 e. The second-order valence-electron chi connectivity index (χ2n) is 9.05. The van der Waals surface area contributed by atoms with Crippen molar-refractivity contribution in [3.8, 4) is 33.8 Å². The van der Waals surface area contributed by atoms with Gasteiger partial charge >= 0.3 is 0 Å². The van der Waals surface area contributed by atoms with E-state index in [-0.39, 0.29) is 5.41 Å². The van der Waals surface area contributed by atoms with Crippen LogP contribution in [0.4, 0.5) is 0 Å². The number of hydrogen-bond acceptors (Lipinski definition) is 1. The molecule has 5 rings (SSSR count). The zero-order valence-corrected chi connectivity index (χ0v) is 18.2. The zero-order chi connectivity index (χ0) is 21.4. The van der Waals surface area contributed by atoms with Crippen LogP contribution in [0.25, 0.3) is 44.5 Å². The Bertz CT molecular complexity index is 1340. The Labute approximate surface area is 184 Å². The molecule has 4 aromatic carbocycles. The van der Waals surface area contributed by atoms with Crippen LogP contribution >= 0.6 is 0 Å². The van der Waals surface area contributed by atoms with Gasteiger partial charge in [-0.2, -0.15) is 0 Å². The molecule has 0 aliphatic rings. The van der Waals surface area contributed by atoms with Crippen molar-refractivity contribution in [3.05, 3.63) is 109 Å². The Hall–Kier alpha value is -3.58. The van der Waals surface area contributed by atoms with Gasteiger partial charge in [0.1, 0.15) is 11.5 Å². The lowest BCUT2D eigenvalue weighted by molar-refractivity contribution is 0.587. The second kappa shape index (κ2) is 7.59. The van der Waals surface area contributed by atoms with Crippen molar-refractivity contribution in [2.45, 2.75) is 26.2 Å².